The molecule has 0 amide bonds. The third kappa shape index (κ3) is 1.35. The number of allylic oxidation sites excluding steroid dienone is 1. The van der Waals surface area contributed by atoms with Crippen LogP contribution in [0.4, 0.5) is 0 Å². The first kappa shape index (κ1) is 10.1. The normalized spacial score (nSPS) is 35.4. The molecule has 0 N–H and O–H groups in total. The van der Waals surface area contributed by atoms with Crippen LogP contribution in [-0.4, -0.2) is 12.1 Å². The lowest BCUT2D eigenvalue weighted by molar-refractivity contribution is -0.142. The van der Waals surface area contributed by atoms with Gasteiger partial charge in [-0.2, -0.15) is 0 Å². The van der Waals surface area contributed by atoms with Crippen LogP contribution in [0.3, 0.4) is 0 Å². The van der Waals surface area contributed by atoms with Crippen molar-refractivity contribution in [3.8, 4) is 0 Å². The third-order valence-electron chi connectivity index (χ3n) is 4.38. The van der Waals surface area contributed by atoms with E-state index in [4.69, 9.17) is 4.74 Å². The second-order valence-electron chi connectivity index (χ2n) is 5.42. The molecule has 3 atom stereocenters. The summed E-state index contributed by atoms with van der Waals surface area (Å²) in [6, 6.07) is 0. The Hall–Kier alpha value is -1.05. The van der Waals surface area contributed by atoms with Gasteiger partial charge in [0, 0.05) is 5.57 Å². The van der Waals surface area contributed by atoms with Crippen molar-refractivity contribution in [2.45, 2.75) is 45.1 Å². The molecule has 3 aliphatic carbocycles. The van der Waals surface area contributed by atoms with Gasteiger partial charge in [-0.1, -0.05) is 12.2 Å². The lowest BCUT2D eigenvalue weighted by Crippen LogP contribution is -2.22. The molecule has 0 radical (unpaired) electrons. The van der Waals surface area contributed by atoms with Crippen LogP contribution < -0.4 is 0 Å². The van der Waals surface area contributed by atoms with Crippen molar-refractivity contribution in [3.05, 3.63) is 23.3 Å². The standard InChI is InChI=1S/C14H18O2/c1-8(2)14(15)16-13-7-9-6-12(13)11-5-3-4-10(9)11/h9-10,13H,1,3-7H2,2H3. The van der Waals surface area contributed by atoms with Crippen molar-refractivity contribution in [3.63, 3.8) is 0 Å². The molecule has 0 spiro atoms. The molecule has 3 rings (SSSR count). The first-order valence-corrected chi connectivity index (χ1v) is 6.25. The fourth-order valence-corrected chi connectivity index (χ4v) is 3.70. The number of ether oxygens (including phenoxy) is 1. The Bertz CT molecular complexity index is 392. The van der Waals surface area contributed by atoms with E-state index in [1.165, 1.54) is 31.3 Å². The fourth-order valence-electron chi connectivity index (χ4n) is 3.70. The summed E-state index contributed by atoms with van der Waals surface area (Å²) in [5, 5.41) is 0. The maximum atomic E-state index is 11.5. The zero-order valence-corrected chi connectivity index (χ0v) is 9.79. The lowest BCUT2D eigenvalue weighted by atomic mass is 9.87. The van der Waals surface area contributed by atoms with Crippen LogP contribution in [0, 0.1) is 11.8 Å². The number of esters is 1. The zero-order valence-electron chi connectivity index (χ0n) is 9.79. The molecule has 0 saturated heterocycles. The molecule has 16 heavy (non-hydrogen) atoms. The van der Waals surface area contributed by atoms with Crippen molar-refractivity contribution in [2.24, 2.45) is 11.8 Å². The number of carbonyl (C=O) groups excluding carboxylic acids is 1. The average Bonchev–Trinajstić information content (AvgIpc) is 2.87. The van der Waals surface area contributed by atoms with Gasteiger partial charge in [-0.05, 0) is 56.4 Å². The van der Waals surface area contributed by atoms with Gasteiger partial charge in [0.2, 0.25) is 0 Å². The number of hydrogen-bond acceptors (Lipinski definition) is 2. The number of hydrogen-bond donors (Lipinski definition) is 0. The van der Waals surface area contributed by atoms with Gasteiger partial charge in [0.15, 0.2) is 0 Å². The van der Waals surface area contributed by atoms with Gasteiger partial charge in [-0.25, -0.2) is 4.79 Å². The number of carbonyl (C=O) groups is 1. The average molecular weight is 218 g/mol. The Morgan fingerprint density at radius 3 is 3.00 bits per heavy atom. The molecular formula is C14H18O2. The third-order valence-corrected chi connectivity index (χ3v) is 4.38. The Labute approximate surface area is 96.4 Å². The summed E-state index contributed by atoms with van der Waals surface area (Å²) in [5.41, 5.74) is 3.61. The molecule has 86 valence electrons. The molecule has 2 fully saturated rings. The molecule has 2 nitrogen and oxygen atoms in total. The maximum absolute atomic E-state index is 11.5. The molecule has 3 unspecified atom stereocenters. The summed E-state index contributed by atoms with van der Waals surface area (Å²) >= 11 is 0. The monoisotopic (exact) mass is 218 g/mol. The van der Waals surface area contributed by atoms with Crippen LogP contribution in [0.25, 0.3) is 0 Å². The van der Waals surface area contributed by atoms with Crippen LogP contribution in [0.15, 0.2) is 23.3 Å². The smallest absolute Gasteiger partial charge is 0.333 e. The second kappa shape index (κ2) is 3.47. The summed E-state index contributed by atoms with van der Waals surface area (Å²) in [4.78, 5) is 11.5. The Morgan fingerprint density at radius 1 is 1.44 bits per heavy atom. The molecule has 2 heteroatoms. The Kier molecular flexibility index (Phi) is 2.20. The topological polar surface area (TPSA) is 26.3 Å². The minimum absolute atomic E-state index is 0.0820. The van der Waals surface area contributed by atoms with Gasteiger partial charge in [-0.15, -0.1) is 0 Å². The summed E-state index contributed by atoms with van der Waals surface area (Å²) < 4.78 is 5.52. The summed E-state index contributed by atoms with van der Waals surface area (Å²) in [5.74, 6) is 1.39. The highest BCUT2D eigenvalue weighted by Gasteiger charge is 2.47. The van der Waals surface area contributed by atoms with Gasteiger partial charge in [0.1, 0.15) is 6.10 Å². The summed E-state index contributed by atoms with van der Waals surface area (Å²) in [7, 11) is 0. The van der Waals surface area contributed by atoms with E-state index >= 15 is 0 Å². The highest BCUT2D eigenvalue weighted by molar-refractivity contribution is 5.87. The SMILES string of the molecule is C=C(C)C(=O)OC1CC2CC1=C1CCCC12. The quantitative estimate of drug-likeness (QED) is 0.404. The van der Waals surface area contributed by atoms with Crippen LogP contribution in [-0.2, 0) is 9.53 Å². The Morgan fingerprint density at radius 2 is 2.25 bits per heavy atom. The predicted octanol–water partition coefficient (Wildman–Crippen LogP) is 2.99. The molecule has 0 heterocycles. The van der Waals surface area contributed by atoms with Crippen molar-refractivity contribution in [2.75, 3.05) is 0 Å². The minimum Gasteiger partial charge on any atom is -0.454 e. The van der Waals surface area contributed by atoms with Crippen LogP contribution >= 0.6 is 0 Å². The van der Waals surface area contributed by atoms with E-state index in [-0.39, 0.29) is 12.1 Å². The van der Waals surface area contributed by atoms with Crippen LogP contribution in [0.2, 0.25) is 0 Å². The fraction of sp³-hybridized carbons (Fsp3) is 0.643. The summed E-state index contributed by atoms with van der Waals surface area (Å²) in [6.45, 7) is 5.35. The van der Waals surface area contributed by atoms with Crippen LogP contribution in [0.5, 0.6) is 0 Å². The minimum atomic E-state index is -0.222. The molecule has 0 aliphatic heterocycles. The molecule has 0 aromatic rings. The van der Waals surface area contributed by atoms with E-state index in [0.717, 1.165) is 18.3 Å². The predicted molar refractivity (Wildman–Crippen MR) is 61.8 cm³/mol. The highest BCUT2D eigenvalue weighted by atomic mass is 16.5. The molecule has 2 bridgehead atoms. The van der Waals surface area contributed by atoms with Gasteiger partial charge < -0.3 is 4.74 Å². The van der Waals surface area contributed by atoms with E-state index in [1.807, 2.05) is 0 Å². The first-order valence-electron chi connectivity index (χ1n) is 6.25. The Balaban J connectivity index is 1.78. The van der Waals surface area contributed by atoms with Crippen molar-refractivity contribution < 1.29 is 9.53 Å². The van der Waals surface area contributed by atoms with Gasteiger partial charge in [0.25, 0.3) is 0 Å². The molecule has 0 aromatic carbocycles. The van der Waals surface area contributed by atoms with Gasteiger partial charge in [0.05, 0.1) is 0 Å². The van der Waals surface area contributed by atoms with E-state index < -0.39 is 0 Å². The first-order chi connectivity index (χ1) is 7.66. The molecule has 2 saturated carbocycles. The van der Waals surface area contributed by atoms with Gasteiger partial charge >= 0.3 is 5.97 Å². The lowest BCUT2D eigenvalue weighted by Gasteiger charge is -2.23. The highest BCUT2D eigenvalue weighted by Crippen LogP contribution is 2.55. The largest absolute Gasteiger partial charge is 0.454 e. The van der Waals surface area contributed by atoms with E-state index in [2.05, 4.69) is 6.58 Å². The van der Waals surface area contributed by atoms with E-state index in [9.17, 15) is 4.79 Å². The van der Waals surface area contributed by atoms with E-state index in [0.29, 0.717) is 5.57 Å². The van der Waals surface area contributed by atoms with Crippen molar-refractivity contribution in [1.82, 2.24) is 0 Å². The number of rotatable bonds is 2. The van der Waals surface area contributed by atoms with Crippen molar-refractivity contribution >= 4 is 5.97 Å². The number of fused-ring (bicyclic) bond motifs is 4. The van der Waals surface area contributed by atoms with Gasteiger partial charge in [-0.3, -0.25) is 0 Å². The molecule has 0 aromatic heterocycles. The molecule has 3 aliphatic rings. The van der Waals surface area contributed by atoms with Crippen LogP contribution in [0.1, 0.15) is 39.0 Å². The van der Waals surface area contributed by atoms with Crippen molar-refractivity contribution in [1.29, 1.82) is 0 Å². The molecular weight excluding hydrogens is 200 g/mol. The summed E-state index contributed by atoms with van der Waals surface area (Å²) in [6.07, 6.45) is 6.28. The van der Waals surface area contributed by atoms with E-state index in [1.54, 1.807) is 12.5 Å². The zero-order chi connectivity index (χ0) is 11.3. The maximum Gasteiger partial charge on any atom is 0.333 e. The second-order valence-corrected chi connectivity index (χ2v) is 5.42.